The lowest BCUT2D eigenvalue weighted by molar-refractivity contribution is 0.0949. The number of benzene rings is 1. The second kappa shape index (κ2) is 3.21. The van der Waals surface area contributed by atoms with Crippen LogP contribution in [0, 0.1) is 5.92 Å². The summed E-state index contributed by atoms with van der Waals surface area (Å²) in [5, 5.41) is 2.98. The number of carbonyl (C=O) groups excluding carboxylic acids is 1. The van der Waals surface area contributed by atoms with Crippen molar-refractivity contribution in [2.24, 2.45) is 5.92 Å². The van der Waals surface area contributed by atoms with E-state index in [-0.39, 0.29) is 5.91 Å². The van der Waals surface area contributed by atoms with E-state index in [1.165, 1.54) is 0 Å². The van der Waals surface area contributed by atoms with E-state index in [0.717, 1.165) is 12.0 Å². The zero-order chi connectivity index (χ0) is 9.26. The minimum absolute atomic E-state index is 0.0509. The van der Waals surface area contributed by atoms with Gasteiger partial charge in [0.15, 0.2) is 0 Å². The van der Waals surface area contributed by atoms with Gasteiger partial charge in [-0.3, -0.25) is 4.79 Å². The van der Waals surface area contributed by atoms with Crippen molar-refractivity contribution < 1.29 is 4.79 Å². The topological polar surface area (TPSA) is 29.1 Å². The summed E-state index contributed by atoms with van der Waals surface area (Å²) < 4.78 is 0. The van der Waals surface area contributed by atoms with Gasteiger partial charge in [-0.2, -0.15) is 0 Å². The molecule has 2 nitrogen and oxygen atoms in total. The molecule has 1 aromatic carbocycles. The van der Waals surface area contributed by atoms with Crippen LogP contribution in [0.3, 0.4) is 0 Å². The van der Waals surface area contributed by atoms with Gasteiger partial charge in [-0.1, -0.05) is 25.1 Å². The van der Waals surface area contributed by atoms with E-state index in [1.54, 1.807) is 0 Å². The Morgan fingerprint density at radius 1 is 1.38 bits per heavy atom. The van der Waals surface area contributed by atoms with Crippen molar-refractivity contribution >= 4 is 5.91 Å². The molecule has 1 aliphatic carbocycles. The first-order valence-electron chi connectivity index (χ1n) is 4.63. The average Bonchev–Trinajstić information content (AvgIpc) is 2.83. The molecule has 0 spiro atoms. The smallest absolute Gasteiger partial charge is 0.251 e. The third-order valence-electron chi connectivity index (χ3n) is 2.46. The number of amides is 1. The van der Waals surface area contributed by atoms with Gasteiger partial charge in [0.2, 0.25) is 0 Å². The molecule has 1 saturated carbocycles. The van der Waals surface area contributed by atoms with Gasteiger partial charge in [0, 0.05) is 11.6 Å². The fraction of sp³-hybridized carbons (Fsp3) is 0.364. The highest BCUT2D eigenvalue weighted by atomic mass is 16.1. The van der Waals surface area contributed by atoms with Crippen LogP contribution in [0.15, 0.2) is 30.3 Å². The summed E-state index contributed by atoms with van der Waals surface area (Å²) in [6.45, 7) is 2.15. The van der Waals surface area contributed by atoms with E-state index >= 15 is 0 Å². The van der Waals surface area contributed by atoms with Crippen molar-refractivity contribution in [2.45, 2.75) is 19.4 Å². The lowest BCUT2D eigenvalue weighted by atomic mass is 10.2. The molecule has 1 amide bonds. The molecule has 0 bridgehead atoms. The minimum Gasteiger partial charge on any atom is -0.349 e. The summed E-state index contributed by atoms with van der Waals surface area (Å²) in [6, 6.07) is 9.75. The Labute approximate surface area is 78.0 Å². The van der Waals surface area contributed by atoms with Crippen molar-refractivity contribution in [3.63, 3.8) is 0 Å². The van der Waals surface area contributed by atoms with E-state index in [2.05, 4.69) is 12.2 Å². The summed E-state index contributed by atoms with van der Waals surface area (Å²) >= 11 is 0. The molecule has 0 radical (unpaired) electrons. The third kappa shape index (κ3) is 1.89. The van der Waals surface area contributed by atoms with Gasteiger partial charge < -0.3 is 5.32 Å². The molecule has 13 heavy (non-hydrogen) atoms. The molecule has 2 unspecified atom stereocenters. The van der Waals surface area contributed by atoms with Crippen LogP contribution in [-0.2, 0) is 0 Å². The van der Waals surface area contributed by atoms with Crippen LogP contribution in [-0.4, -0.2) is 11.9 Å². The van der Waals surface area contributed by atoms with Crippen molar-refractivity contribution in [2.75, 3.05) is 0 Å². The first kappa shape index (κ1) is 8.30. The van der Waals surface area contributed by atoms with E-state index < -0.39 is 0 Å². The number of hydrogen-bond donors (Lipinski definition) is 1. The predicted octanol–water partition coefficient (Wildman–Crippen LogP) is 1.82. The van der Waals surface area contributed by atoms with Crippen LogP contribution < -0.4 is 5.32 Å². The minimum atomic E-state index is 0.0509. The maximum Gasteiger partial charge on any atom is 0.251 e. The third-order valence-corrected chi connectivity index (χ3v) is 2.46. The molecule has 1 N–H and O–H groups in total. The van der Waals surface area contributed by atoms with Gasteiger partial charge in [0.1, 0.15) is 0 Å². The van der Waals surface area contributed by atoms with Gasteiger partial charge in [-0.15, -0.1) is 0 Å². The molecule has 2 rings (SSSR count). The van der Waals surface area contributed by atoms with Crippen LogP contribution in [0.25, 0.3) is 0 Å². The Kier molecular flexibility index (Phi) is 2.05. The molecule has 1 fully saturated rings. The molecule has 2 heteroatoms. The molecular formula is C11H13NO. The fourth-order valence-electron chi connectivity index (χ4n) is 1.36. The maximum atomic E-state index is 11.5. The molecule has 68 valence electrons. The Bertz CT molecular complexity index is 307. The number of hydrogen-bond acceptors (Lipinski definition) is 1. The van der Waals surface area contributed by atoms with E-state index in [1.807, 2.05) is 30.3 Å². The molecule has 0 aliphatic heterocycles. The highest BCUT2D eigenvalue weighted by Crippen LogP contribution is 2.29. The first-order valence-corrected chi connectivity index (χ1v) is 4.63. The summed E-state index contributed by atoms with van der Waals surface area (Å²) in [4.78, 5) is 11.5. The largest absolute Gasteiger partial charge is 0.349 e. The highest BCUT2D eigenvalue weighted by Gasteiger charge is 2.33. The lowest BCUT2D eigenvalue weighted by Gasteiger charge is -2.02. The zero-order valence-electron chi connectivity index (χ0n) is 7.66. The summed E-state index contributed by atoms with van der Waals surface area (Å²) in [7, 11) is 0. The van der Waals surface area contributed by atoms with Gasteiger partial charge in [-0.25, -0.2) is 0 Å². The normalized spacial score (nSPS) is 25.3. The number of nitrogens with one attached hydrogen (secondary N) is 1. The zero-order valence-corrected chi connectivity index (χ0v) is 7.66. The van der Waals surface area contributed by atoms with E-state index in [0.29, 0.717) is 12.0 Å². The SMILES string of the molecule is CC1CC1NC(=O)c1ccccc1. The molecule has 1 aliphatic rings. The Morgan fingerprint density at radius 2 is 2.00 bits per heavy atom. The van der Waals surface area contributed by atoms with E-state index in [9.17, 15) is 4.79 Å². The highest BCUT2D eigenvalue weighted by molar-refractivity contribution is 5.94. The van der Waals surface area contributed by atoms with Gasteiger partial charge in [-0.05, 0) is 24.5 Å². The Morgan fingerprint density at radius 3 is 2.54 bits per heavy atom. The molecule has 0 aromatic heterocycles. The Hall–Kier alpha value is -1.31. The molecule has 2 atom stereocenters. The van der Waals surface area contributed by atoms with Gasteiger partial charge >= 0.3 is 0 Å². The predicted molar refractivity (Wildman–Crippen MR) is 51.5 cm³/mol. The first-order chi connectivity index (χ1) is 6.27. The van der Waals surface area contributed by atoms with Crippen LogP contribution in [0.2, 0.25) is 0 Å². The van der Waals surface area contributed by atoms with Crippen LogP contribution in [0.4, 0.5) is 0 Å². The van der Waals surface area contributed by atoms with Crippen molar-refractivity contribution in [3.05, 3.63) is 35.9 Å². The molecule has 0 heterocycles. The quantitative estimate of drug-likeness (QED) is 0.730. The van der Waals surface area contributed by atoms with Crippen LogP contribution in [0.1, 0.15) is 23.7 Å². The lowest BCUT2D eigenvalue weighted by Crippen LogP contribution is -2.26. The van der Waals surface area contributed by atoms with Crippen LogP contribution >= 0.6 is 0 Å². The van der Waals surface area contributed by atoms with Crippen molar-refractivity contribution in [1.29, 1.82) is 0 Å². The average molecular weight is 175 g/mol. The van der Waals surface area contributed by atoms with Gasteiger partial charge in [0.25, 0.3) is 5.91 Å². The fourth-order valence-corrected chi connectivity index (χ4v) is 1.36. The molecule has 0 saturated heterocycles. The molecular weight excluding hydrogens is 162 g/mol. The number of rotatable bonds is 2. The van der Waals surface area contributed by atoms with Crippen LogP contribution in [0.5, 0.6) is 0 Å². The van der Waals surface area contributed by atoms with E-state index in [4.69, 9.17) is 0 Å². The summed E-state index contributed by atoms with van der Waals surface area (Å²) in [5.41, 5.74) is 0.751. The van der Waals surface area contributed by atoms with Crippen molar-refractivity contribution in [1.82, 2.24) is 5.32 Å². The summed E-state index contributed by atoms with van der Waals surface area (Å²) in [5.74, 6) is 0.711. The molecule has 1 aromatic rings. The standard InChI is InChI=1S/C11H13NO/c1-8-7-10(8)12-11(13)9-5-3-2-4-6-9/h2-6,8,10H,7H2,1H3,(H,12,13). The number of carbonyl (C=O) groups is 1. The second-order valence-corrected chi connectivity index (χ2v) is 3.66. The second-order valence-electron chi connectivity index (χ2n) is 3.66. The van der Waals surface area contributed by atoms with Crippen molar-refractivity contribution in [3.8, 4) is 0 Å². The maximum absolute atomic E-state index is 11.5. The Balaban J connectivity index is 1.98. The van der Waals surface area contributed by atoms with Gasteiger partial charge in [0.05, 0.1) is 0 Å². The monoisotopic (exact) mass is 175 g/mol. The summed E-state index contributed by atoms with van der Waals surface area (Å²) in [6.07, 6.45) is 1.12.